The van der Waals surface area contributed by atoms with E-state index in [9.17, 15) is 14.7 Å². The van der Waals surface area contributed by atoms with E-state index in [0.29, 0.717) is 25.0 Å². The highest BCUT2D eigenvalue weighted by molar-refractivity contribution is 6.05. The molecule has 2 heterocycles. The number of benzene rings is 1. The highest BCUT2D eigenvalue weighted by Gasteiger charge is 2.26. The van der Waals surface area contributed by atoms with Crippen molar-refractivity contribution in [2.45, 2.75) is 19.1 Å². The maximum Gasteiger partial charge on any atom is 0.273 e. The Labute approximate surface area is 151 Å². The molecular formula is C16H22ClN5O3. The van der Waals surface area contributed by atoms with Crippen molar-refractivity contribution in [2.24, 2.45) is 5.92 Å². The first-order chi connectivity index (χ1) is 11.6. The third-order valence-corrected chi connectivity index (χ3v) is 4.27. The number of aromatic nitrogens is 2. The third kappa shape index (κ3) is 4.28. The molecule has 2 aromatic rings. The average molecular weight is 368 g/mol. The summed E-state index contributed by atoms with van der Waals surface area (Å²) in [5.41, 5.74) is 1.03. The van der Waals surface area contributed by atoms with Crippen LogP contribution in [0.1, 0.15) is 17.4 Å². The summed E-state index contributed by atoms with van der Waals surface area (Å²) in [6.07, 6.45) is -0.453. The highest BCUT2D eigenvalue weighted by atomic mass is 35.5. The number of carbonyl (C=O) groups excluding carboxylic acids is 2. The third-order valence-electron chi connectivity index (χ3n) is 4.27. The minimum absolute atomic E-state index is 0. The number of amides is 2. The van der Waals surface area contributed by atoms with Gasteiger partial charge in [0, 0.05) is 30.9 Å². The number of β-amino-alcohol motifs (C(OH)–C–C–N with tert-alkyl or cyclic N) is 1. The van der Waals surface area contributed by atoms with Crippen LogP contribution in [0.3, 0.4) is 0 Å². The maximum absolute atomic E-state index is 12.3. The molecule has 1 saturated heterocycles. The molecule has 1 aliphatic heterocycles. The Balaban J connectivity index is 0.00000225. The Bertz CT molecular complexity index is 750. The molecule has 3 atom stereocenters. The highest BCUT2D eigenvalue weighted by Crippen LogP contribution is 2.15. The summed E-state index contributed by atoms with van der Waals surface area (Å²) in [5.74, 6) is -0.702. The van der Waals surface area contributed by atoms with Gasteiger partial charge in [-0.2, -0.15) is 5.10 Å². The van der Waals surface area contributed by atoms with Crippen molar-refractivity contribution in [2.75, 3.05) is 19.6 Å². The lowest BCUT2D eigenvalue weighted by Gasteiger charge is -2.17. The van der Waals surface area contributed by atoms with Gasteiger partial charge in [-0.25, -0.2) is 0 Å². The quantitative estimate of drug-likeness (QED) is 0.501. The molecule has 2 amide bonds. The van der Waals surface area contributed by atoms with Crippen LogP contribution in [0.15, 0.2) is 24.3 Å². The van der Waals surface area contributed by atoms with Crippen molar-refractivity contribution in [1.29, 1.82) is 0 Å². The molecular weight excluding hydrogens is 346 g/mol. The molecule has 0 bridgehead atoms. The van der Waals surface area contributed by atoms with Gasteiger partial charge in [0.25, 0.3) is 5.91 Å². The first kappa shape index (κ1) is 19.2. The molecule has 0 spiro atoms. The van der Waals surface area contributed by atoms with E-state index >= 15 is 0 Å². The van der Waals surface area contributed by atoms with Crippen LogP contribution >= 0.6 is 12.4 Å². The summed E-state index contributed by atoms with van der Waals surface area (Å²) in [7, 11) is 0. The number of para-hydroxylation sites is 1. The summed E-state index contributed by atoms with van der Waals surface area (Å²) >= 11 is 0. The summed E-state index contributed by atoms with van der Waals surface area (Å²) in [6.45, 7) is 3.20. The van der Waals surface area contributed by atoms with Gasteiger partial charge in [-0.15, -0.1) is 12.4 Å². The lowest BCUT2D eigenvalue weighted by atomic mass is 10.1. The van der Waals surface area contributed by atoms with E-state index in [2.05, 4.69) is 26.1 Å². The Morgan fingerprint density at radius 1 is 1.36 bits per heavy atom. The van der Waals surface area contributed by atoms with E-state index in [-0.39, 0.29) is 29.9 Å². The van der Waals surface area contributed by atoms with Crippen molar-refractivity contribution in [3.63, 3.8) is 0 Å². The van der Waals surface area contributed by atoms with E-state index in [1.54, 1.807) is 13.0 Å². The number of carbonyl (C=O) groups is 2. The van der Waals surface area contributed by atoms with Crippen LogP contribution in [0.5, 0.6) is 0 Å². The van der Waals surface area contributed by atoms with Crippen LogP contribution in [0, 0.1) is 5.92 Å². The normalized spacial score (nSPS) is 20.7. The van der Waals surface area contributed by atoms with Gasteiger partial charge < -0.3 is 21.1 Å². The van der Waals surface area contributed by atoms with Gasteiger partial charge in [0.1, 0.15) is 6.04 Å². The summed E-state index contributed by atoms with van der Waals surface area (Å²) in [4.78, 5) is 24.4. The number of H-pyrrole nitrogens is 1. The SMILES string of the molecule is CC(NC(=O)c1n[nH]c2ccccc12)C(=O)NCC1CNCC1O.Cl. The molecule has 1 aliphatic rings. The van der Waals surface area contributed by atoms with Gasteiger partial charge in [0.05, 0.1) is 11.6 Å². The molecule has 136 valence electrons. The molecule has 1 aromatic carbocycles. The number of hydrogen-bond donors (Lipinski definition) is 5. The molecule has 0 saturated carbocycles. The molecule has 9 heteroatoms. The van der Waals surface area contributed by atoms with Gasteiger partial charge in [-0.05, 0) is 13.0 Å². The first-order valence-electron chi connectivity index (χ1n) is 7.96. The van der Waals surface area contributed by atoms with E-state index in [1.807, 2.05) is 18.2 Å². The van der Waals surface area contributed by atoms with Gasteiger partial charge >= 0.3 is 0 Å². The zero-order valence-electron chi connectivity index (χ0n) is 13.8. The second-order valence-corrected chi connectivity index (χ2v) is 6.04. The van der Waals surface area contributed by atoms with Gasteiger partial charge in [0.2, 0.25) is 5.91 Å². The molecule has 1 aromatic heterocycles. The Hall–Kier alpha value is -2.16. The van der Waals surface area contributed by atoms with Crippen LogP contribution in [0.4, 0.5) is 0 Å². The summed E-state index contributed by atoms with van der Waals surface area (Å²) in [6, 6.07) is 6.61. The molecule has 3 rings (SSSR count). The minimum Gasteiger partial charge on any atom is -0.391 e. The fraction of sp³-hybridized carbons (Fsp3) is 0.438. The fourth-order valence-corrected chi connectivity index (χ4v) is 2.78. The molecule has 0 aliphatic carbocycles. The number of fused-ring (bicyclic) bond motifs is 1. The molecule has 3 unspecified atom stereocenters. The maximum atomic E-state index is 12.3. The zero-order valence-corrected chi connectivity index (χ0v) is 14.6. The number of halogens is 1. The van der Waals surface area contributed by atoms with Gasteiger partial charge in [-0.1, -0.05) is 18.2 Å². The second kappa shape index (κ2) is 8.28. The number of rotatable bonds is 5. The van der Waals surface area contributed by atoms with Crippen LogP contribution in [-0.2, 0) is 4.79 Å². The second-order valence-electron chi connectivity index (χ2n) is 6.04. The van der Waals surface area contributed by atoms with Crippen LogP contribution < -0.4 is 16.0 Å². The average Bonchev–Trinajstić information content (AvgIpc) is 3.18. The number of aromatic amines is 1. The van der Waals surface area contributed by atoms with Gasteiger partial charge in [-0.3, -0.25) is 14.7 Å². The Morgan fingerprint density at radius 3 is 2.84 bits per heavy atom. The van der Waals surface area contributed by atoms with E-state index in [1.165, 1.54) is 0 Å². The Morgan fingerprint density at radius 2 is 2.12 bits per heavy atom. The number of aliphatic hydroxyl groups excluding tert-OH is 1. The number of nitrogens with one attached hydrogen (secondary N) is 4. The Kier molecular flexibility index (Phi) is 6.35. The van der Waals surface area contributed by atoms with E-state index in [0.717, 1.165) is 5.52 Å². The predicted molar refractivity (Wildman–Crippen MR) is 95.6 cm³/mol. The largest absolute Gasteiger partial charge is 0.391 e. The lowest BCUT2D eigenvalue weighted by molar-refractivity contribution is -0.122. The molecule has 1 fully saturated rings. The number of hydrogen-bond acceptors (Lipinski definition) is 5. The van der Waals surface area contributed by atoms with Gasteiger partial charge in [0.15, 0.2) is 5.69 Å². The molecule has 0 radical (unpaired) electrons. The summed E-state index contributed by atoms with van der Waals surface area (Å²) in [5, 5.41) is 25.7. The van der Waals surface area contributed by atoms with E-state index < -0.39 is 18.1 Å². The van der Waals surface area contributed by atoms with Crippen molar-refractivity contribution in [3.05, 3.63) is 30.0 Å². The predicted octanol–water partition coefficient (Wildman–Crippen LogP) is -0.200. The monoisotopic (exact) mass is 367 g/mol. The van der Waals surface area contributed by atoms with Crippen molar-refractivity contribution < 1.29 is 14.7 Å². The van der Waals surface area contributed by atoms with Crippen LogP contribution in [0.25, 0.3) is 10.9 Å². The topological polar surface area (TPSA) is 119 Å². The molecule has 8 nitrogen and oxygen atoms in total. The minimum atomic E-state index is -0.695. The van der Waals surface area contributed by atoms with Crippen LogP contribution in [-0.4, -0.2) is 58.9 Å². The van der Waals surface area contributed by atoms with Crippen molar-refractivity contribution in [3.8, 4) is 0 Å². The lowest BCUT2D eigenvalue weighted by Crippen LogP contribution is -2.47. The van der Waals surface area contributed by atoms with Crippen LogP contribution in [0.2, 0.25) is 0 Å². The summed E-state index contributed by atoms with van der Waals surface area (Å²) < 4.78 is 0. The molecule has 5 N–H and O–H groups in total. The van der Waals surface area contributed by atoms with Crippen molar-refractivity contribution in [1.82, 2.24) is 26.1 Å². The smallest absolute Gasteiger partial charge is 0.273 e. The standard InChI is InChI=1S/C16H21N5O3.ClH/c1-9(15(23)18-7-10-6-17-8-13(10)22)19-16(24)14-11-4-2-3-5-12(11)20-21-14;/h2-5,9-10,13,17,22H,6-8H2,1H3,(H,18,23)(H,19,24)(H,20,21);1H. The number of nitrogens with zero attached hydrogens (tertiary/aromatic N) is 1. The number of aliphatic hydroxyl groups is 1. The van der Waals surface area contributed by atoms with Crippen molar-refractivity contribution >= 4 is 35.1 Å². The van der Waals surface area contributed by atoms with E-state index in [4.69, 9.17) is 0 Å². The molecule has 25 heavy (non-hydrogen) atoms. The fourth-order valence-electron chi connectivity index (χ4n) is 2.78. The zero-order chi connectivity index (χ0) is 17.1. The first-order valence-corrected chi connectivity index (χ1v) is 7.96.